The number of hydrogen-bond donors (Lipinski definition) is 1. The molecule has 1 aliphatic heterocycles. The van der Waals surface area contributed by atoms with Crippen molar-refractivity contribution < 1.29 is 18.7 Å². The number of carbonyl (C=O) groups is 2. The van der Waals surface area contributed by atoms with Crippen molar-refractivity contribution >= 4 is 11.8 Å². The third-order valence-electron chi connectivity index (χ3n) is 5.25. The first-order valence-corrected chi connectivity index (χ1v) is 9.59. The van der Waals surface area contributed by atoms with Crippen molar-refractivity contribution in [1.82, 2.24) is 10.2 Å². The molecule has 1 aromatic carbocycles. The fourth-order valence-corrected chi connectivity index (χ4v) is 3.80. The largest absolute Gasteiger partial charge is 0.494 e. The van der Waals surface area contributed by atoms with Crippen LogP contribution in [0.25, 0.3) is 0 Å². The molecular weight excluding hydrogens is 335 g/mol. The Morgan fingerprint density at radius 2 is 1.92 bits per heavy atom. The summed E-state index contributed by atoms with van der Waals surface area (Å²) in [6.45, 7) is 1.51. The van der Waals surface area contributed by atoms with Crippen molar-refractivity contribution in [2.75, 3.05) is 19.7 Å². The first kappa shape index (κ1) is 18.7. The van der Waals surface area contributed by atoms with E-state index < -0.39 is 0 Å². The summed E-state index contributed by atoms with van der Waals surface area (Å²) in [5, 5.41) is 2.91. The topological polar surface area (TPSA) is 58.6 Å². The van der Waals surface area contributed by atoms with Crippen LogP contribution in [0.3, 0.4) is 0 Å². The van der Waals surface area contributed by atoms with Crippen LogP contribution in [0.15, 0.2) is 24.3 Å². The third kappa shape index (κ3) is 4.96. The van der Waals surface area contributed by atoms with Gasteiger partial charge in [0.05, 0.1) is 12.5 Å². The smallest absolute Gasteiger partial charge is 0.225 e. The van der Waals surface area contributed by atoms with Crippen LogP contribution in [0.4, 0.5) is 4.39 Å². The number of benzene rings is 1. The maximum atomic E-state index is 12.8. The van der Waals surface area contributed by atoms with Gasteiger partial charge in [-0.1, -0.05) is 19.3 Å². The summed E-state index contributed by atoms with van der Waals surface area (Å²) in [6.07, 6.45) is 6.74. The molecule has 1 N–H and O–H groups in total. The first-order valence-electron chi connectivity index (χ1n) is 9.59. The minimum atomic E-state index is -0.294. The van der Waals surface area contributed by atoms with E-state index in [9.17, 15) is 14.0 Å². The minimum absolute atomic E-state index is 0.0431. The number of nitrogens with zero attached hydrogens (tertiary/aromatic N) is 1. The summed E-state index contributed by atoms with van der Waals surface area (Å²) in [4.78, 5) is 26.5. The average molecular weight is 362 g/mol. The summed E-state index contributed by atoms with van der Waals surface area (Å²) in [5.41, 5.74) is 0. The molecule has 1 heterocycles. The van der Waals surface area contributed by atoms with E-state index in [-0.39, 0.29) is 23.5 Å². The monoisotopic (exact) mass is 362 g/mol. The highest BCUT2D eigenvalue weighted by atomic mass is 19.1. The predicted octanol–water partition coefficient (Wildman–Crippen LogP) is 2.89. The Morgan fingerprint density at radius 3 is 2.65 bits per heavy atom. The fourth-order valence-electron chi connectivity index (χ4n) is 3.80. The van der Waals surface area contributed by atoms with Crippen molar-refractivity contribution in [2.45, 2.75) is 51.0 Å². The Hall–Kier alpha value is -2.11. The molecule has 1 aromatic rings. The van der Waals surface area contributed by atoms with E-state index in [1.165, 1.54) is 31.4 Å². The lowest BCUT2D eigenvalue weighted by atomic mass is 9.94. The van der Waals surface area contributed by atoms with Crippen LogP contribution in [-0.4, -0.2) is 42.5 Å². The Kier molecular flexibility index (Phi) is 6.47. The molecule has 0 radical (unpaired) electrons. The second-order valence-electron chi connectivity index (χ2n) is 7.19. The zero-order valence-corrected chi connectivity index (χ0v) is 15.1. The maximum Gasteiger partial charge on any atom is 0.225 e. The van der Waals surface area contributed by atoms with E-state index >= 15 is 0 Å². The van der Waals surface area contributed by atoms with Crippen LogP contribution >= 0.6 is 0 Å². The average Bonchev–Trinajstić information content (AvgIpc) is 3.05. The van der Waals surface area contributed by atoms with Crippen LogP contribution in [-0.2, 0) is 9.59 Å². The molecule has 0 bridgehead atoms. The van der Waals surface area contributed by atoms with Crippen LogP contribution in [0, 0.1) is 11.7 Å². The molecule has 26 heavy (non-hydrogen) atoms. The lowest BCUT2D eigenvalue weighted by Gasteiger charge is -2.31. The van der Waals surface area contributed by atoms with Crippen molar-refractivity contribution in [1.29, 1.82) is 0 Å². The molecule has 1 saturated heterocycles. The highest BCUT2D eigenvalue weighted by Gasteiger charge is 2.37. The maximum absolute atomic E-state index is 12.8. The number of halogens is 1. The molecule has 2 fully saturated rings. The molecule has 0 spiro atoms. The Bertz CT molecular complexity index is 614. The molecule has 2 aliphatic rings. The number of carbonyl (C=O) groups excluding carboxylic acids is 2. The summed E-state index contributed by atoms with van der Waals surface area (Å²) < 4.78 is 18.3. The van der Waals surface area contributed by atoms with Gasteiger partial charge in [0, 0.05) is 25.6 Å². The van der Waals surface area contributed by atoms with E-state index in [4.69, 9.17) is 4.74 Å². The number of rotatable bonds is 7. The van der Waals surface area contributed by atoms with Gasteiger partial charge in [-0.3, -0.25) is 9.59 Å². The summed E-state index contributed by atoms with van der Waals surface area (Å²) in [6, 6.07) is 6.20. The molecule has 0 aromatic heterocycles. The van der Waals surface area contributed by atoms with Gasteiger partial charge in [-0.25, -0.2) is 4.39 Å². The van der Waals surface area contributed by atoms with Gasteiger partial charge in [-0.2, -0.15) is 0 Å². The zero-order valence-electron chi connectivity index (χ0n) is 15.1. The summed E-state index contributed by atoms with van der Waals surface area (Å²) in [7, 11) is 0. The van der Waals surface area contributed by atoms with Gasteiger partial charge >= 0.3 is 0 Å². The number of nitrogens with one attached hydrogen (secondary N) is 1. The third-order valence-corrected chi connectivity index (χ3v) is 5.25. The second-order valence-corrected chi connectivity index (χ2v) is 7.19. The second kappa shape index (κ2) is 9.01. The van der Waals surface area contributed by atoms with Gasteiger partial charge in [0.2, 0.25) is 11.8 Å². The number of likely N-dealkylation sites (tertiary alicyclic amines) is 1. The predicted molar refractivity (Wildman–Crippen MR) is 96.2 cm³/mol. The van der Waals surface area contributed by atoms with E-state index in [0.29, 0.717) is 44.3 Å². The standard InChI is InChI=1S/C20H27FN2O3/c21-16-7-9-18(10-8-16)26-12-4-11-22-20(25)15-13-19(24)23(14-15)17-5-2-1-3-6-17/h7-10,15,17H,1-6,11-14H2,(H,22,25). The molecule has 1 atom stereocenters. The molecule has 3 rings (SSSR count). The molecule has 142 valence electrons. The van der Waals surface area contributed by atoms with Crippen LogP contribution in [0.2, 0.25) is 0 Å². The van der Waals surface area contributed by atoms with Crippen LogP contribution in [0.5, 0.6) is 5.75 Å². The molecule has 1 aliphatic carbocycles. The summed E-state index contributed by atoms with van der Waals surface area (Å²) >= 11 is 0. The molecule has 1 unspecified atom stereocenters. The highest BCUT2D eigenvalue weighted by Crippen LogP contribution is 2.28. The van der Waals surface area contributed by atoms with Crippen molar-refractivity contribution in [2.24, 2.45) is 5.92 Å². The van der Waals surface area contributed by atoms with Crippen LogP contribution < -0.4 is 10.1 Å². The first-order chi connectivity index (χ1) is 12.6. The van der Waals surface area contributed by atoms with Gasteiger partial charge in [0.25, 0.3) is 0 Å². The van der Waals surface area contributed by atoms with E-state index in [1.807, 2.05) is 4.90 Å². The Labute approximate surface area is 153 Å². The van der Waals surface area contributed by atoms with Crippen molar-refractivity contribution in [3.05, 3.63) is 30.1 Å². The quantitative estimate of drug-likeness (QED) is 0.759. The highest BCUT2D eigenvalue weighted by molar-refractivity contribution is 5.89. The molecular formula is C20H27FN2O3. The van der Waals surface area contributed by atoms with E-state index in [0.717, 1.165) is 12.8 Å². The van der Waals surface area contributed by atoms with Crippen molar-refractivity contribution in [3.8, 4) is 5.75 Å². The minimum Gasteiger partial charge on any atom is -0.494 e. The van der Waals surface area contributed by atoms with Crippen LogP contribution in [0.1, 0.15) is 44.9 Å². The van der Waals surface area contributed by atoms with E-state index in [2.05, 4.69) is 5.32 Å². The lowest BCUT2D eigenvalue weighted by molar-refractivity contribution is -0.130. The van der Waals surface area contributed by atoms with E-state index in [1.54, 1.807) is 12.1 Å². The van der Waals surface area contributed by atoms with Gasteiger partial charge in [-0.15, -0.1) is 0 Å². The SMILES string of the molecule is O=C(NCCCOc1ccc(F)cc1)C1CC(=O)N(C2CCCCC2)C1. The zero-order chi connectivity index (χ0) is 18.4. The van der Waals surface area contributed by atoms with Crippen molar-refractivity contribution in [3.63, 3.8) is 0 Å². The van der Waals surface area contributed by atoms with Gasteiger partial charge in [0.15, 0.2) is 0 Å². The Balaban J connectivity index is 1.34. The van der Waals surface area contributed by atoms with Gasteiger partial charge in [0.1, 0.15) is 11.6 Å². The number of ether oxygens (including phenoxy) is 1. The number of hydrogen-bond acceptors (Lipinski definition) is 3. The normalized spacial score (nSPS) is 21.0. The molecule has 6 heteroatoms. The van der Waals surface area contributed by atoms with Gasteiger partial charge in [-0.05, 0) is 43.5 Å². The molecule has 5 nitrogen and oxygen atoms in total. The van der Waals surface area contributed by atoms with Gasteiger partial charge < -0.3 is 15.0 Å². The lowest BCUT2D eigenvalue weighted by Crippen LogP contribution is -2.39. The fraction of sp³-hybridized carbons (Fsp3) is 0.600. The number of amides is 2. The molecule has 2 amide bonds. The summed E-state index contributed by atoms with van der Waals surface area (Å²) in [5.74, 6) is 0.165. The molecule has 1 saturated carbocycles. The Morgan fingerprint density at radius 1 is 1.19 bits per heavy atom.